The van der Waals surface area contributed by atoms with Crippen LogP contribution in [0.5, 0.6) is 0 Å². The zero-order valence-electron chi connectivity index (χ0n) is 17.2. The normalized spacial score (nSPS) is 17.3. The van der Waals surface area contributed by atoms with Gasteiger partial charge in [-0.3, -0.25) is 18.8 Å². The van der Waals surface area contributed by atoms with E-state index in [2.05, 4.69) is 10.3 Å². The molecule has 5 rings (SSSR count). The second kappa shape index (κ2) is 7.23. The van der Waals surface area contributed by atoms with Gasteiger partial charge in [0, 0.05) is 39.0 Å². The smallest absolute Gasteiger partial charge is 0.270 e. The number of amides is 2. The van der Waals surface area contributed by atoms with Crippen molar-refractivity contribution in [1.29, 1.82) is 0 Å². The van der Waals surface area contributed by atoms with Crippen molar-refractivity contribution in [3.05, 3.63) is 70.8 Å². The Bertz CT molecular complexity index is 1240. The van der Waals surface area contributed by atoms with Crippen LogP contribution in [0.3, 0.4) is 0 Å². The van der Waals surface area contributed by atoms with Crippen molar-refractivity contribution in [1.82, 2.24) is 14.3 Å². The molecule has 3 aromatic rings. The van der Waals surface area contributed by atoms with Crippen molar-refractivity contribution in [3.63, 3.8) is 0 Å². The predicted octanol–water partition coefficient (Wildman–Crippen LogP) is 2.15. The summed E-state index contributed by atoms with van der Waals surface area (Å²) in [6.07, 6.45) is 4.35. The highest BCUT2D eigenvalue weighted by atomic mass is 16.2. The molecule has 0 radical (unpaired) electrons. The van der Waals surface area contributed by atoms with E-state index >= 15 is 0 Å². The van der Waals surface area contributed by atoms with Crippen molar-refractivity contribution in [2.24, 2.45) is 0 Å². The van der Waals surface area contributed by atoms with Gasteiger partial charge in [0.2, 0.25) is 5.91 Å². The predicted molar refractivity (Wildman–Crippen MR) is 117 cm³/mol. The minimum absolute atomic E-state index is 0.00194. The minimum atomic E-state index is -0.358. The van der Waals surface area contributed by atoms with Gasteiger partial charge >= 0.3 is 0 Å². The number of aromatic nitrogens is 2. The van der Waals surface area contributed by atoms with Crippen LogP contribution in [-0.2, 0) is 4.79 Å². The molecule has 1 fully saturated rings. The molecule has 1 saturated heterocycles. The molecule has 158 valence electrons. The van der Waals surface area contributed by atoms with E-state index in [1.807, 2.05) is 29.2 Å². The van der Waals surface area contributed by atoms with Crippen molar-refractivity contribution in [2.45, 2.75) is 25.3 Å². The van der Waals surface area contributed by atoms with Gasteiger partial charge in [-0.15, -0.1) is 0 Å². The first kappa shape index (κ1) is 19.3. The third-order valence-electron chi connectivity index (χ3n) is 6.29. The lowest BCUT2D eigenvalue weighted by Crippen LogP contribution is -2.59. The number of hydrogen-bond acceptors (Lipinski definition) is 5. The first-order chi connectivity index (χ1) is 15.0. The van der Waals surface area contributed by atoms with E-state index in [1.54, 1.807) is 36.2 Å². The number of piperidine rings is 1. The third kappa shape index (κ3) is 3.24. The lowest BCUT2D eigenvalue weighted by atomic mass is 9.84. The number of benzene rings is 1. The molecule has 0 bridgehead atoms. The second-order valence-electron chi connectivity index (χ2n) is 8.23. The first-order valence-corrected chi connectivity index (χ1v) is 10.4. The maximum atomic E-state index is 13.1. The average Bonchev–Trinajstić information content (AvgIpc) is 2.79. The molecule has 1 aromatic carbocycles. The highest BCUT2D eigenvalue weighted by Gasteiger charge is 2.42. The monoisotopic (exact) mass is 417 g/mol. The number of carbonyl (C=O) groups is 2. The Hall–Kier alpha value is -3.68. The largest absolute Gasteiger partial charge is 0.376 e. The average molecular weight is 417 g/mol. The summed E-state index contributed by atoms with van der Waals surface area (Å²) in [5.41, 5.74) is 1.74. The van der Waals surface area contributed by atoms with Crippen molar-refractivity contribution in [3.8, 4) is 0 Å². The van der Waals surface area contributed by atoms with Gasteiger partial charge in [0.05, 0.1) is 16.9 Å². The summed E-state index contributed by atoms with van der Waals surface area (Å²) in [7, 11) is 0. The molecule has 0 unspecified atom stereocenters. The maximum Gasteiger partial charge on any atom is 0.270 e. The third-order valence-corrected chi connectivity index (χ3v) is 6.29. The van der Waals surface area contributed by atoms with Crippen LogP contribution in [0.4, 0.5) is 11.4 Å². The van der Waals surface area contributed by atoms with Crippen LogP contribution in [0.1, 0.15) is 30.1 Å². The zero-order chi connectivity index (χ0) is 21.6. The molecule has 2 aliphatic rings. The molecule has 8 heteroatoms. The number of likely N-dealkylation sites (tertiary alicyclic amines) is 1. The highest BCUT2D eigenvalue weighted by Crippen LogP contribution is 2.39. The Morgan fingerprint density at radius 3 is 2.58 bits per heavy atom. The number of anilines is 2. The van der Waals surface area contributed by atoms with Crippen LogP contribution in [-0.4, -0.2) is 51.3 Å². The van der Waals surface area contributed by atoms with Gasteiger partial charge in [0.25, 0.3) is 11.5 Å². The number of carbonyl (C=O) groups excluding carboxylic acids is 2. The van der Waals surface area contributed by atoms with E-state index in [0.717, 1.165) is 11.4 Å². The molecule has 2 aliphatic heterocycles. The standard InChI is InChI=1S/C23H23N5O3/c1-16(29)28-15-23(25-18-6-2-3-7-19(18)28)9-12-26(13-10-23)21(30)17-14-24-20-8-4-5-11-27(20)22(17)31/h2-8,11,14,25H,9-10,12-13,15H2,1H3. The van der Waals surface area contributed by atoms with E-state index in [0.29, 0.717) is 38.1 Å². The SMILES string of the molecule is CC(=O)N1CC2(CCN(C(=O)c3cnc4ccccn4c3=O)CC2)Nc2ccccc21. The van der Waals surface area contributed by atoms with Crippen molar-refractivity contribution in [2.75, 3.05) is 29.9 Å². The van der Waals surface area contributed by atoms with Crippen molar-refractivity contribution >= 4 is 28.8 Å². The molecule has 31 heavy (non-hydrogen) atoms. The molecule has 2 amide bonds. The van der Waals surface area contributed by atoms with Gasteiger partial charge in [-0.2, -0.15) is 0 Å². The van der Waals surface area contributed by atoms with Crippen LogP contribution >= 0.6 is 0 Å². The van der Waals surface area contributed by atoms with E-state index < -0.39 is 0 Å². The van der Waals surface area contributed by atoms with E-state index in [4.69, 9.17) is 0 Å². The number of nitrogens with one attached hydrogen (secondary N) is 1. The van der Waals surface area contributed by atoms with Crippen molar-refractivity contribution < 1.29 is 9.59 Å². The van der Waals surface area contributed by atoms with Crippen LogP contribution in [0.25, 0.3) is 5.65 Å². The van der Waals surface area contributed by atoms with Gasteiger partial charge in [-0.25, -0.2) is 4.98 Å². The Balaban J connectivity index is 1.37. The summed E-state index contributed by atoms with van der Waals surface area (Å²) in [5, 5.41) is 3.62. The van der Waals surface area contributed by atoms with Gasteiger partial charge in [-0.1, -0.05) is 18.2 Å². The minimum Gasteiger partial charge on any atom is -0.376 e. The number of para-hydroxylation sites is 2. The lowest BCUT2D eigenvalue weighted by Gasteiger charge is -2.48. The fourth-order valence-corrected chi connectivity index (χ4v) is 4.57. The van der Waals surface area contributed by atoms with Crippen LogP contribution in [0.2, 0.25) is 0 Å². The molecule has 0 saturated carbocycles. The van der Waals surface area contributed by atoms with E-state index in [-0.39, 0.29) is 28.5 Å². The number of fused-ring (bicyclic) bond motifs is 2. The van der Waals surface area contributed by atoms with E-state index in [1.165, 1.54) is 10.6 Å². The van der Waals surface area contributed by atoms with E-state index in [9.17, 15) is 14.4 Å². The molecule has 2 aromatic heterocycles. The number of nitrogens with zero attached hydrogens (tertiary/aromatic N) is 4. The van der Waals surface area contributed by atoms with Crippen LogP contribution in [0.15, 0.2) is 59.7 Å². The molecular formula is C23H23N5O3. The molecule has 0 atom stereocenters. The fraction of sp³-hybridized carbons (Fsp3) is 0.304. The molecule has 0 aliphatic carbocycles. The number of rotatable bonds is 1. The number of hydrogen-bond donors (Lipinski definition) is 1. The van der Waals surface area contributed by atoms with Gasteiger partial charge in [0.1, 0.15) is 11.2 Å². The summed E-state index contributed by atoms with van der Waals surface area (Å²) < 4.78 is 1.39. The Kier molecular flexibility index (Phi) is 4.50. The quantitative estimate of drug-likeness (QED) is 0.656. The second-order valence-corrected chi connectivity index (χ2v) is 8.23. The molecule has 8 nitrogen and oxygen atoms in total. The van der Waals surface area contributed by atoms with Crippen LogP contribution < -0.4 is 15.8 Å². The van der Waals surface area contributed by atoms with Gasteiger partial charge < -0.3 is 15.1 Å². The Morgan fingerprint density at radius 1 is 1.06 bits per heavy atom. The maximum absolute atomic E-state index is 13.1. The van der Waals surface area contributed by atoms with Gasteiger partial charge in [0.15, 0.2) is 0 Å². The molecule has 1 spiro atoms. The van der Waals surface area contributed by atoms with Gasteiger partial charge in [-0.05, 0) is 37.1 Å². The first-order valence-electron chi connectivity index (χ1n) is 10.4. The Labute approximate surface area is 179 Å². The summed E-state index contributed by atoms with van der Waals surface area (Å²) in [6, 6.07) is 13.1. The summed E-state index contributed by atoms with van der Waals surface area (Å²) >= 11 is 0. The summed E-state index contributed by atoms with van der Waals surface area (Å²) in [5.74, 6) is -0.299. The lowest BCUT2D eigenvalue weighted by molar-refractivity contribution is -0.116. The zero-order valence-corrected chi connectivity index (χ0v) is 17.2. The number of pyridine rings is 1. The topological polar surface area (TPSA) is 87.0 Å². The fourth-order valence-electron chi connectivity index (χ4n) is 4.57. The summed E-state index contributed by atoms with van der Waals surface area (Å²) in [6.45, 7) is 3.13. The summed E-state index contributed by atoms with van der Waals surface area (Å²) in [4.78, 5) is 45.9. The Morgan fingerprint density at radius 2 is 1.81 bits per heavy atom. The molecule has 4 heterocycles. The highest BCUT2D eigenvalue weighted by molar-refractivity contribution is 5.97. The van der Waals surface area contributed by atoms with Crippen LogP contribution in [0, 0.1) is 0 Å². The molecule has 1 N–H and O–H groups in total. The molecular weight excluding hydrogens is 394 g/mol.